The average Bonchev–Trinajstić information content (AvgIpc) is 3.42. The fraction of sp³-hybridized carbons (Fsp3) is 0.0571. The number of nitrogens with one attached hydrogen (secondary N) is 2. The standard InChI is InChI=1S/C35H26ClN3O4/c1-21-8-7-10-24(18-21)35(41)43-29-17-14-22(19-30(29)42-2)20-37-39-34(40)33-31(26-12-5-6-13-28(26)36)27-16-15-23-9-3-4-11-25(23)32(27)38-33/h3-20,38H,1-2H3,(H,39,40). The monoisotopic (exact) mass is 587 g/mol. The number of esters is 1. The topological polar surface area (TPSA) is 92.8 Å². The third kappa shape index (κ3) is 5.58. The van der Waals surface area contributed by atoms with Gasteiger partial charge in [0.1, 0.15) is 5.69 Å². The number of aromatic amines is 1. The minimum atomic E-state index is -0.490. The van der Waals surface area contributed by atoms with Gasteiger partial charge in [0.05, 0.1) is 24.4 Å². The number of aromatic nitrogens is 1. The van der Waals surface area contributed by atoms with Gasteiger partial charge in [-0.3, -0.25) is 4.79 Å². The first-order valence-corrected chi connectivity index (χ1v) is 13.9. The Morgan fingerprint density at radius 2 is 1.67 bits per heavy atom. The molecule has 0 unspecified atom stereocenters. The summed E-state index contributed by atoms with van der Waals surface area (Å²) in [6.07, 6.45) is 1.49. The van der Waals surface area contributed by atoms with Crippen LogP contribution in [0.15, 0.2) is 108 Å². The lowest BCUT2D eigenvalue weighted by atomic mass is 9.99. The number of fused-ring (bicyclic) bond motifs is 3. The summed E-state index contributed by atoms with van der Waals surface area (Å²) >= 11 is 6.59. The Balaban J connectivity index is 1.27. The molecule has 0 saturated carbocycles. The Bertz CT molecular complexity index is 2050. The van der Waals surface area contributed by atoms with Gasteiger partial charge in [0, 0.05) is 26.9 Å². The third-order valence-electron chi connectivity index (χ3n) is 7.09. The smallest absolute Gasteiger partial charge is 0.343 e. The van der Waals surface area contributed by atoms with Crippen LogP contribution < -0.4 is 14.9 Å². The summed E-state index contributed by atoms with van der Waals surface area (Å²) in [4.78, 5) is 29.5. The first-order chi connectivity index (χ1) is 20.9. The molecule has 0 radical (unpaired) electrons. The Morgan fingerprint density at radius 1 is 0.860 bits per heavy atom. The predicted molar refractivity (Wildman–Crippen MR) is 170 cm³/mol. The molecule has 0 saturated heterocycles. The Labute approximate surface area is 252 Å². The molecule has 5 aromatic carbocycles. The minimum Gasteiger partial charge on any atom is -0.493 e. The average molecular weight is 588 g/mol. The number of hydrogen-bond acceptors (Lipinski definition) is 5. The van der Waals surface area contributed by atoms with Crippen molar-refractivity contribution in [2.75, 3.05) is 7.11 Å². The molecule has 43 heavy (non-hydrogen) atoms. The lowest BCUT2D eigenvalue weighted by Crippen LogP contribution is -2.19. The lowest BCUT2D eigenvalue weighted by Gasteiger charge is -2.10. The molecule has 8 heteroatoms. The van der Waals surface area contributed by atoms with Crippen LogP contribution in [0.4, 0.5) is 0 Å². The van der Waals surface area contributed by atoms with E-state index in [1.165, 1.54) is 13.3 Å². The van der Waals surface area contributed by atoms with Gasteiger partial charge in [-0.15, -0.1) is 0 Å². The number of H-pyrrole nitrogens is 1. The van der Waals surface area contributed by atoms with E-state index in [0.29, 0.717) is 33.2 Å². The highest BCUT2D eigenvalue weighted by molar-refractivity contribution is 6.34. The maximum absolute atomic E-state index is 13.5. The van der Waals surface area contributed by atoms with Gasteiger partial charge < -0.3 is 14.5 Å². The number of nitrogens with zero attached hydrogens (tertiary/aromatic N) is 1. The van der Waals surface area contributed by atoms with Gasteiger partial charge in [0.2, 0.25) is 0 Å². The fourth-order valence-corrected chi connectivity index (χ4v) is 5.28. The minimum absolute atomic E-state index is 0.268. The van der Waals surface area contributed by atoms with E-state index < -0.39 is 11.9 Å². The number of hydrogen-bond donors (Lipinski definition) is 2. The summed E-state index contributed by atoms with van der Waals surface area (Å²) in [6.45, 7) is 1.90. The zero-order valence-corrected chi connectivity index (χ0v) is 24.1. The van der Waals surface area contributed by atoms with Crippen molar-refractivity contribution in [1.82, 2.24) is 10.4 Å². The Kier molecular flexibility index (Phi) is 7.64. The van der Waals surface area contributed by atoms with Crippen molar-refractivity contribution in [2.24, 2.45) is 5.10 Å². The first kappa shape index (κ1) is 27.8. The first-order valence-electron chi connectivity index (χ1n) is 13.5. The largest absolute Gasteiger partial charge is 0.493 e. The molecule has 0 atom stereocenters. The normalized spacial score (nSPS) is 11.2. The van der Waals surface area contributed by atoms with E-state index in [0.717, 1.165) is 32.8 Å². The fourth-order valence-electron chi connectivity index (χ4n) is 5.05. The molecule has 2 N–H and O–H groups in total. The van der Waals surface area contributed by atoms with Crippen LogP contribution in [0.5, 0.6) is 11.5 Å². The van der Waals surface area contributed by atoms with Crippen LogP contribution in [0, 0.1) is 6.92 Å². The highest BCUT2D eigenvalue weighted by Crippen LogP contribution is 2.39. The van der Waals surface area contributed by atoms with Crippen molar-refractivity contribution in [3.8, 4) is 22.6 Å². The number of aryl methyl sites for hydroxylation is 1. The number of carbonyl (C=O) groups excluding carboxylic acids is 2. The number of halogens is 1. The number of ether oxygens (including phenoxy) is 2. The second-order valence-electron chi connectivity index (χ2n) is 9.93. The van der Waals surface area contributed by atoms with Crippen molar-refractivity contribution in [3.63, 3.8) is 0 Å². The van der Waals surface area contributed by atoms with Crippen LogP contribution in [0.25, 0.3) is 32.8 Å². The second-order valence-corrected chi connectivity index (χ2v) is 10.3. The summed E-state index contributed by atoms with van der Waals surface area (Å²) < 4.78 is 11.0. The number of methoxy groups -OCH3 is 1. The summed E-state index contributed by atoms with van der Waals surface area (Å²) in [5, 5.41) is 7.64. The zero-order valence-electron chi connectivity index (χ0n) is 23.4. The van der Waals surface area contributed by atoms with E-state index in [4.69, 9.17) is 21.1 Å². The van der Waals surface area contributed by atoms with E-state index >= 15 is 0 Å². The van der Waals surface area contributed by atoms with E-state index in [1.807, 2.05) is 67.6 Å². The highest BCUT2D eigenvalue weighted by atomic mass is 35.5. The van der Waals surface area contributed by atoms with Crippen molar-refractivity contribution in [3.05, 3.63) is 131 Å². The molecule has 0 bridgehead atoms. The predicted octanol–water partition coefficient (Wildman–Crippen LogP) is 7.94. The van der Waals surface area contributed by atoms with Crippen LogP contribution in [0.2, 0.25) is 5.02 Å². The number of hydrazone groups is 1. The van der Waals surface area contributed by atoms with Crippen LogP contribution in [-0.4, -0.2) is 30.2 Å². The molecular formula is C35H26ClN3O4. The summed E-state index contributed by atoms with van der Waals surface area (Å²) in [5.74, 6) is -0.303. The molecule has 0 aliphatic heterocycles. The van der Waals surface area contributed by atoms with Crippen molar-refractivity contribution in [2.45, 2.75) is 6.92 Å². The van der Waals surface area contributed by atoms with Crippen LogP contribution in [0.1, 0.15) is 32.0 Å². The third-order valence-corrected chi connectivity index (χ3v) is 7.42. The van der Waals surface area contributed by atoms with Gasteiger partial charge in [-0.05, 0) is 54.3 Å². The molecule has 1 aromatic heterocycles. The van der Waals surface area contributed by atoms with Gasteiger partial charge in [-0.1, -0.05) is 83.9 Å². The number of rotatable bonds is 7. The zero-order chi connectivity index (χ0) is 29.9. The summed E-state index contributed by atoms with van der Waals surface area (Å²) in [5.41, 5.74) is 7.26. The summed E-state index contributed by atoms with van der Waals surface area (Å²) in [6, 6.07) is 31.6. The molecule has 0 spiro atoms. The van der Waals surface area contributed by atoms with Gasteiger partial charge in [-0.2, -0.15) is 5.10 Å². The van der Waals surface area contributed by atoms with E-state index in [1.54, 1.807) is 42.5 Å². The highest BCUT2D eigenvalue weighted by Gasteiger charge is 2.22. The van der Waals surface area contributed by atoms with Crippen molar-refractivity contribution >= 4 is 51.4 Å². The lowest BCUT2D eigenvalue weighted by molar-refractivity contribution is 0.0729. The molecule has 6 aromatic rings. The molecule has 1 heterocycles. The van der Waals surface area contributed by atoms with Crippen LogP contribution in [-0.2, 0) is 0 Å². The van der Waals surface area contributed by atoms with Gasteiger partial charge in [-0.25, -0.2) is 10.2 Å². The number of amides is 1. The van der Waals surface area contributed by atoms with Crippen LogP contribution in [0.3, 0.4) is 0 Å². The Morgan fingerprint density at radius 3 is 2.49 bits per heavy atom. The quantitative estimate of drug-likeness (QED) is 0.0858. The number of benzene rings is 5. The Hall–Kier alpha value is -5.40. The molecule has 0 fully saturated rings. The molecule has 0 aliphatic rings. The van der Waals surface area contributed by atoms with Crippen molar-refractivity contribution in [1.29, 1.82) is 0 Å². The molecule has 1 amide bonds. The van der Waals surface area contributed by atoms with Crippen LogP contribution >= 0.6 is 11.6 Å². The molecular weight excluding hydrogens is 562 g/mol. The van der Waals surface area contributed by atoms with Crippen molar-refractivity contribution < 1.29 is 19.1 Å². The number of carbonyl (C=O) groups is 2. The van der Waals surface area contributed by atoms with Gasteiger partial charge in [0.25, 0.3) is 5.91 Å². The summed E-state index contributed by atoms with van der Waals surface area (Å²) in [7, 11) is 1.48. The second kappa shape index (κ2) is 11.8. The molecule has 7 nitrogen and oxygen atoms in total. The maximum Gasteiger partial charge on any atom is 0.343 e. The molecule has 212 valence electrons. The molecule has 0 aliphatic carbocycles. The van der Waals surface area contributed by atoms with Gasteiger partial charge in [0.15, 0.2) is 11.5 Å². The van der Waals surface area contributed by atoms with E-state index in [9.17, 15) is 9.59 Å². The van der Waals surface area contributed by atoms with E-state index in [-0.39, 0.29) is 5.75 Å². The maximum atomic E-state index is 13.5. The van der Waals surface area contributed by atoms with Gasteiger partial charge >= 0.3 is 5.97 Å². The van der Waals surface area contributed by atoms with E-state index in [2.05, 4.69) is 15.5 Å². The SMILES string of the molecule is COc1cc(C=NNC(=O)c2[nH]c3c(ccc4ccccc43)c2-c2ccccc2Cl)ccc1OC(=O)c1cccc(C)c1. The molecule has 6 rings (SSSR count).